The highest BCUT2D eigenvalue weighted by atomic mass is 35.5. The second-order valence-electron chi connectivity index (χ2n) is 8.23. The van der Waals surface area contributed by atoms with Crippen molar-refractivity contribution in [2.45, 2.75) is 40.0 Å². The molecule has 5 rings (SSSR count). The number of furan rings is 1. The molecule has 1 atom stereocenters. The lowest BCUT2D eigenvalue weighted by Gasteiger charge is -2.19. The number of aryl methyl sites for hydroxylation is 3. The predicted octanol–water partition coefficient (Wildman–Crippen LogP) is 6.97. The number of rotatable bonds is 3. The molecule has 0 fully saturated rings. The van der Waals surface area contributed by atoms with Crippen LogP contribution >= 0.6 is 23.7 Å². The highest BCUT2D eigenvalue weighted by Crippen LogP contribution is 2.44. The Morgan fingerprint density at radius 2 is 2.00 bits per heavy atom. The van der Waals surface area contributed by atoms with E-state index in [0.29, 0.717) is 11.5 Å². The summed E-state index contributed by atoms with van der Waals surface area (Å²) in [4.78, 5) is 20.8. The van der Waals surface area contributed by atoms with Gasteiger partial charge in [-0.05, 0) is 68.4 Å². The number of aromatic nitrogens is 1. The van der Waals surface area contributed by atoms with Crippen molar-refractivity contribution < 1.29 is 9.21 Å². The number of nitrogens with one attached hydrogen (secondary N) is 1. The number of hydrogen-bond acceptors (Lipinski definition) is 4. The van der Waals surface area contributed by atoms with Gasteiger partial charge in [-0.2, -0.15) is 0 Å². The fourth-order valence-corrected chi connectivity index (χ4v) is 5.87. The smallest absolute Gasteiger partial charge is 0.258 e. The highest BCUT2D eigenvalue weighted by molar-refractivity contribution is 7.19. The minimum atomic E-state index is -0.147. The molecule has 31 heavy (non-hydrogen) atoms. The van der Waals surface area contributed by atoms with E-state index in [0.717, 1.165) is 57.7 Å². The van der Waals surface area contributed by atoms with Crippen LogP contribution in [-0.4, -0.2) is 10.9 Å². The van der Waals surface area contributed by atoms with Gasteiger partial charge in [-0.15, -0.1) is 23.7 Å². The first kappa shape index (κ1) is 21.6. The van der Waals surface area contributed by atoms with Crippen molar-refractivity contribution in [3.63, 3.8) is 0 Å². The summed E-state index contributed by atoms with van der Waals surface area (Å²) in [5.74, 6) is 1.26. The fraction of sp³-hybridized carbons (Fsp3) is 0.280. The predicted molar refractivity (Wildman–Crippen MR) is 130 cm³/mol. The van der Waals surface area contributed by atoms with Gasteiger partial charge in [0, 0.05) is 21.5 Å². The Kier molecular flexibility index (Phi) is 5.91. The molecule has 160 valence electrons. The fourth-order valence-electron chi connectivity index (χ4n) is 4.43. The number of para-hydroxylation sites is 1. The number of hydrogen-bond donors (Lipinski definition) is 1. The normalized spacial score (nSPS) is 15.4. The maximum Gasteiger partial charge on any atom is 0.258 e. The first-order valence-electron chi connectivity index (χ1n) is 10.4. The van der Waals surface area contributed by atoms with E-state index in [1.165, 1.54) is 10.4 Å². The monoisotopic (exact) mass is 452 g/mol. The maximum absolute atomic E-state index is 13.5. The Morgan fingerprint density at radius 1 is 1.19 bits per heavy atom. The molecule has 4 nitrogen and oxygen atoms in total. The van der Waals surface area contributed by atoms with Crippen LogP contribution in [0.25, 0.3) is 21.5 Å². The molecule has 0 aliphatic heterocycles. The van der Waals surface area contributed by atoms with Gasteiger partial charge in [-0.25, -0.2) is 4.98 Å². The van der Waals surface area contributed by atoms with Crippen LogP contribution in [0.5, 0.6) is 0 Å². The zero-order chi connectivity index (χ0) is 20.8. The second-order valence-corrected chi connectivity index (χ2v) is 9.31. The van der Waals surface area contributed by atoms with E-state index in [2.05, 4.69) is 12.2 Å². The van der Waals surface area contributed by atoms with Crippen LogP contribution in [0.15, 0.2) is 47.1 Å². The zero-order valence-electron chi connectivity index (χ0n) is 17.8. The van der Waals surface area contributed by atoms with Crippen molar-refractivity contribution in [2.75, 3.05) is 5.32 Å². The van der Waals surface area contributed by atoms with Crippen LogP contribution < -0.4 is 5.32 Å². The molecule has 0 radical (unpaired) electrons. The molecule has 3 heterocycles. The van der Waals surface area contributed by atoms with E-state index in [1.54, 1.807) is 17.6 Å². The summed E-state index contributed by atoms with van der Waals surface area (Å²) < 4.78 is 5.83. The van der Waals surface area contributed by atoms with Gasteiger partial charge in [0.15, 0.2) is 0 Å². The van der Waals surface area contributed by atoms with Gasteiger partial charge in [0.1, 0.15) is 10.6 Å². The first-order valence-corrected chi connectivity index (χ1v) is 11.2. The lowest BCUT2D eigenvalue weighted by Crippen LogP contribution is -2.17. The topological polar surface area (TPSA) is 55.1 Å². The molecule has 0 saturated heterocycles. The third-order valence-electron chi connectivity index (χ3n) is 6.01. The Hall–Kier alpha value is -2.63. The molecule has 1 aromatic carbocycles. The molecular weight excluding hydrogens is 428 g/mol. The molecule has 4 aromatic rings. The highest BCUT2D eigenvalue weighted by Gasteiger charge is 2.28. The van der Waals surface area contributed by atoms with Crippen molar-refractivity contribution in [1.82, 2.24) is 4.98 Å². The summed E-state index contributed by atoms with van der Waals surface area (Å²) in [5.41, 5.74) is 5.39. The third-order valence-corrected chi connectivity index (χ3v) is 7.16. The van der Waals surface area contributed by atoms with Crippen molar-refractivity contribution in [3.05, 3.63) is 69.9 Å². The average molecular weight is 453 g/mol. The minimum Gasteiger partial charge on any atom is -0.464 e. The Bertz CT molecular complexity index is 1260. The molecule has 0 saturated carbocycles. The van der Waals surface area contributed by atoms with Crippen LogP contribution in [0.4, 0.5) is 5.69 Å². The van der Waals surface area contributed by atoms with Crippen LogP contribution in [0.3, 0.4) is 0 Å². The standard InChI is InChI=1S/C25H24N2O2S.ClH/c1-14-10-11-17-20(13-14)30-25-22(17)23(19-9-6-12-29-19)21(16(3)26-25)24(28)27-18-8-5-4-7-15(18)2;/h4-9,12,14H,10-11,13H2,1-3H3,(H,27,28);1H. The van der Waals surface area contributed by atoms with Gasteiger partial charge < -0.3 is 9.73 Å². The maximum atomic E-state index is 13.5. The third kappa shape index (κ3) is 3.77. The molecular formula is C25H25ClN2O2S. The minimum absolute atomic E-state index is 0. The molecule has 1 aliphatic carbocycles. The number of pyridine rings is 1. The molecule has 0 bridgehead atoms. The van der Waals surface area contributed by atoms with Crippen molar-refractivity contribution in [3.8, 4) is 11.3 Å². The van der Waals surface area contributed by atoms with Gasteiger partial charge in [0.25, 0.3) is 5.91 Å². The quantitative estimate of drug-likeness (QED) is 0.365. The average Bonchev–Trinajstić information content (AvgIpc) is 3.35. The number of anilines is 1. The van der Waals surface area contributed by atoms with Gasteiger partial charge in [0.2, 0.25) is 0 Å². The van der Waals surface area contributed by atoms with E-state index in [1.807, 2.05) is 50.2 Å². The van der Waals surface area contributed by atoms with E-state index in [-0.39, 0.29) is 18.3 Å². The van der Waals surface area contributed by atoms with Crippen molar-refractivity contribution in [1.29, 1.82) is 0 Å². The van der Waals surface area contributed by atoms with Crippen LogP contribution in [0.1, 0.15) is 45.4 Å². The van der Waals surface area contributed by atoms with Crippen molar-refractivity contribution in [2.24, 2.45) is 5.92 Å². The number of carbonyl (C=O) groups is 1. The summed E-state index contributed by atoms with van der Waals surface area (Å²) in [7, 11) is 0. The largest absolute Gasteiger partial charge is 0.464 e. The van der Waals surface area contributed by atoms with Crippen LogP contribution in [0.2, 0.25) is 0 Å². The summed E-state index contributed by atoms with van der Waals surface area (Å²) in [6.07, 6.45) is 4.93. The number of nitrogens with zero attached hydrogens (tertiary/aromatic N) is 1. The van der Waals surface area contributed by atoms with E-state index in [9.17, 15) is 4.79 Å². The number of halogens is 1. The number of amides is 1. The Morgan fingerprint density at radius 3 is 2.74 bits per heavy atom. The lowest BCUT2D eigenvalue weighted by atomic mass is 9.87. The van der Waals surface area contributed by atoms with E-state index < -0.39 is 0 Å². The Labute approximate surface area is 192 Å². The molecule has 1 amide bonds. The van der Waals surface area contributed by atoms with Crippen LogP contribution in [0, 0.1) is 19.8 Å². The lowest BCUT2D eigenvalue weighted by molar-refractivity contribution is 0.102. The summed E-state index contributed by atoms with van der Waals surface area (Å²) in [6, 6.07) is 11.6. The Balaban J connectivity index is 0.00000231. The van der Waals surface area contributed by atoms with E-state index >= 15 is 0 Å². The van der Waals surface area contributed by atoms with Crippen LogP contribution in [-0.2, 0) is 12.8 Å². The zero-order valence-corrected chi connectivity index (χ0v) is 19.5. The summed E-state index contributed by atoms with van der Waals surface area (Å²) in [5, 5.41) is 4.19. The van der Waals surface area contributed by atoms with Gasteiger partial charge in [-0.1, -0.05) is 25.1 Å². The first-order chi connectivity index (χ1) is 14.5. The molecule has 1 aliphatic rings. The summed E-state index contributed by atoms with van der Waals surface area (Å²) >= 11 is 1.77. The van der Waals surface area contributed by atoms with Crippen molar-refractivity contribution >= 4 is 45.6 Å². The molecule has 6 heteroatoms. The van der Waals surface area contributed by atoms with Gasteiger partial charge in [-0.3, -0.25) is 4.79 Å². The summed E-state index contributed by atoms with van der Waals surface area (Å²) in [6.45, 7) is 6.22. The molecule has 3 aromatic heterocycles. The molecule has 1 N–H and O–H groups in total. The van der Waals surface area contributed by atoms with Gasteiger partial charge >= 0.3 is 0 Å². The number of thiophene rings is 1. The number of carbonyl (C=O) groups excluding carboxylic acids is 1. The van der Waals surface area contributed by atoms with Gasteiger partial charge in [0.05, 0.1) is 17.5 Å². The number of benzene rings is 1. The molecule has 1 unspecified atom stereocenters. The SMILES string of the molecule is Cc1ccccc1NC(=O)c1c(C)nc2sc3c(c2c1-c1ccco1)CCC(C)C3.Cl. The van der Waals surface area contributed by atoms with E-state index in [4.69, 9.17) is 9.40 Å². The second kappa shape index (κ2) is 8.48. The molecule has 0 spiro atoms. The number of fused-ring (bicyclic) bond motifs is 3.